The number of nitrogens with zero attached hydrogens (tertiary/aromatic N) is 1. The number of hydrogen-bond donors (Lipinski definition) is 1. The largest absolute Gasteiger partial charge is 0.467 e. The number of nitrogens with one attached hydrogen (secondary N) is 1. The fourth-order valence-corrected chi connectivity index (χ4v) is 5.26. The highest BCUT2D eigenvalue weighted by molar-refractivity contribution is 7.17. The van der Waals surface area contributed by atoms with Crippen LogP contribution in [0.25, 0.3) is 0 Å². The Balaban J connectivity index is 1.49. The molecule has 154 valence electrons. The molecule has 1 N–H and O–H groups in total. The van der Waals surface area contributed by atoms with Crippen LogP contribution in [0.15, 0.2) is 22.8 Å². The van der Waals surface area contributed by atoms with Gasteiger partial charge in [-0.2, -0.15) is 0 Å². The highest BCUT2D eigenvalue weighted by atomic mass is 32.1. The van der Waals surface area contributed by atoms with Crippen molar-refractivity contribution >= 4 is 34.1 Å². The van der Waals surface area contributed by atoms with Gasteiger partial charge in [-0.15, -0.1) is 11.3 Å². The van der Waals surface area contributed by atoms with E-state index in [9.17, 15) is 14.4 Å². The van der Waals surface area contributed by atoms with Crippen LogP contribution in [0.2, 0.25) is 0 Å². The molecule has 0 radical (unpaired) electrons. The van der Waals surface area contributed by atoms with Crippen molar-refractivity contribution in [2.45, 2.75) is 45.6 Å². The minimum absolute atomic E-state index is 0.0716. The molecule has 3 heterocycles. The molecule has 0 bridgehead atoms. The minimum atomic E-state index is -0.452. The molecular formula is C21H24N2O5S. The van der Waals surface area contributed by atoms with Gasteiger partial charge in [-0.05, 0) is 50.3 Å². The molecule has 1 unspecified atom stereocenters. The van der Waals surface area contributed by atoms with Gasteiger partial charge in [0.25, 0.3) is 0 Å². The number of carbonyl (C=O) groups is 3. The van der Waals surface area contributed by atoms with Gasteiger partial charge in [0, 0.05) is 17.8 Å². The molecule has 2 aromatic heterocycles. The highest BCUT2D eigenvalue weighted by Gasteiger charge is 2.36. The maximum Gasteiger partial charge on any atom is 0.341 e. The Morgan fingerprint density at radius 3 is 2.93 bits per heavy atom. The first kappa shape index (κ1) is 19.7. The normalized spacial score (nSPS) is 18.6. The lowest BCUT2D eigenvalue weighted by Gasteiger charge is -2.15. The summed E-state index contributed by atoms with van der Waals surface area (Å²) in [5, 5.41) is 3.48. The van der Waals surface area contributed by atoms with E-state index in [1.54, 1.807) is 24.2 Å². The van der Waals surface area contributed by atoms with Crippen molar-refractivity contribution in [3.63, 3.8) is 0 Å². The second-order valence-corrected chi connectivity index (χ2v) is 8.48. The van der Waals surface area contributed by atoms with Crippen LogP contribution in [-0.4, -0.2) is 35.8 Å². The lowest BCUT2D eigenvalue weighted by atomic mass is 9.95. The van der Waals surface area contributed by atoms with Crippen LogP contribution in [0.1, 0.15) is 52.7 Å². The summed E-state index contributed by atoms with van der Waals surface area (Å²) in [6.45, 7) is 2.75. The molecule has 0 spiro atoms. The van der Waals surface area contributed by atoms with E-state index in [-0.39, 0.29) is 30.8 Å². The summed E-state index contributed by atoms with van der Waals surface area (Å²) in [5.74, 6) is -0.451. The molecule has 1 aliphatic heterocycles. The summed E-state index contributed by atoms with van der Waals surface area (Å²) in [6.07, 6.45) is 5.59. The number of fused-ring (bicyclic) bond motifs is 1. The smallest absolute Gasteiger partial charge is 0.341 e. The molecule has 2 aliphatic rings. The monoisotopic (exact) mass is 416 g/mol. The number of thiophene rings is 1. The second kappa shape index (κ2) is 8.41. The highest BCUT2D eigenvalue weighted by Crippen LogP contribution is 2.39. The van der Waals surface area contributed by atoms with Gasteiger partial charge in [-0.1, -0.05) is 0 Å². The van der Waals surface area contributed by atoms with E-state index in [0.717, 1.165) is 36.1 Å². The number of likely N-dealkylation sites (tertiary alicyclic amines) is 1. The summed E-state index contributed by atoms with van der Waals surface area (Å²) in [4.78, 5) is 40.5. The van der Waals surface area contributed by atoms with Crippen molar-refractivity contribution in [3.05, 3.63) is 40.2 Å². The van der Waals surface area contributed by atoms with Gasteiger partial charge >= 0.3 is 5.97 Å². The Bertz CT molecular complexity index is 918. The number of amides is 2. The number of hydrogen-bond acceptors (Lipinski definition) is 6. The van der Waals surface area contributed by atoms with Gasteiger partial charge < -0.3 is 19.4 Å². The van der Waals surface area contributed by atoms with Crippen molar-refractivity contribution in [2.75, 3.05) is 18.5 Å². The molecule has 8 heteroatoms. The summed E-state index contributed by atoms with van der Waals surface area (Å²) in [5.41, 5.74) is 1.51. The van der Waals surface area contributed by atoms with Gasteiger partial charge in [0.05, 0.1) is 30.9 Å². The van der Waals surface area contributed by atoms with Crippen LogP contribution in [0.3, 0.4) is 0 Å². The minimum Gasteiger partial charge on any atom is -0.467 e. The van der Waals surface area contributed by atoms with Crippen LogP contribution in [0.4, 0.5) is 5.00 Å². The topological polar surface area (TPSA) is 88.8 Å². The average Bonchev–Trinajstić information content (AvgIpc) is 3.41. The first-order valence-corrected chi connectivity index (χ1v) is 10.8. The summed E-state index contributed by atoms with van der Waals surface area (Å²) >= 11 is 1.46. The predicted molar refractivity (Wildman–Crippen MR) is 108 cm³/mol. The SMILES string of the molecule is CCOC(=O)c1c(NC(=O)C2CC(=O)N(Cc3ccco3)C2)sc2c1CCCC2. The van der Waals surface area contributed by atoms with Gasteiger partial charge in [0.15, 0.2) is 0 Å². The maximum absolute atomic E-state index is 12.9. The van der Waals surface area contributed by atoms with E-state index in [4.69, 9.17) is 9.15 Å². The zero-order valence-electron chi connectivity index (χ0n) is 16.4. The van der Waals surface area contributed by atoms with Gasteiger partial charge in [-0.25, -0.2) is 4.79 Å². The molecule has 2 aromatic rings. The Hall–Kier alpha value is -2.61. The van der Waals surface area contributed by atoms with E-state index >= 15 is 0 Å². The molecule has 4 rings (SSSR count). The molecule has 7 nitrogen and oxygen atoms in total. The predicted octanol–water partition coefficient (Wildman–Crippen LogP) is 3.38. The zero-order valence-corrected chi connectivity index (χ0v) is 17.2. The van der Waals surface area contributed by atoms with Crippen molar-refractivity contribution < 1.29 is 23.5 Å². The van der Waals surface area contributed by atoms with Crippen molar-refractivity contribution in [1.82, 2.24) is 4.90 Å². The molecule has 1 aliphatic carbocycles. The molecule has 0 aromatic carbocycles. The van der Waals surface area contributed by atoms with Crippen molar-refractivity contribution in [3.8, 4) is 0 Å². The number of aryl methyl sites for hydroxylation is 1. The number of anilines is 1. The van der Waals surface area contributed by atoms with Crippen molar-refractivity contribution in [2.24, 2.45) is 5.92 Å². The molecule has 0 saturated carbocycles. The third kappa shape index (κ3) is 4.07. The summed E-state index contributed by atoms with van der Waals surface area (Å²) < 4.78 is 10.5. The van der Waals surface area contributed by atoms with Crippen LogP contribution in [0, 0.1) is 5.92 Å². The number of esters is 1. The van der Waals surface area contributed by atoms with Crippen LogP contribution in [-0.2, 0) is 33.7 Å². The van der Waals surface area contributed by atoms with Crippen LogP contribution >= 0.6 is 11.3 Å². The van der Waals surface area contributed by atoms with E-state index in [2.05, 4.69) is 5.32 Å². The molecule has 29 heavy (non-hydrogen) atoms. The third-order valence-corrected chi connectivity index (χ3v) is 6.61. The van der Waals surface area contributed by atoms with Gasteiger partial charge in [-0.3, -0.25) is 9.59 Å². The van der Waals surface area contributed by atoms with Gasteiger partial charge in [0.1, 0.15) is 10.8 Å². The van der Waals surface area contributed by atoms with Crippen LogP contribution in [0.5, 0.6) is 0 Å². The summed E-state index contributed by atoms with van der Waals surface area (Å²) in [7, 11) is 0. The Morgan fingerprint density at radius 2 is 2.17 bits per heavy atom. The molecule has 1 saturated heterocycles. The maximum atomic E-state index is 12.9. The Labute approximate surface area is 173 Å². The number of ether oxygens (including phenoxy) is 1. The fraction of sp³-hybridized carbons (Fsp3) is 0.476. The first-order valence-electron chi connectivity index (χ1n) is 9.99. The van der Waals surface area contributed by atoms with Crippen molar-refractivity contribution in [1.29, 1.82) is 0 Å². The van der Waals surface area contributed by atoms with E-state index < -0.39 is 5.92 Å². The zero-order chi connectivity index (χ0) is 20.4. The average molecular weight is 416 g/mol. The molecule has 1 fully saturated rings. The lowest BCUT2D eigenvalue weighted by Crippen LogP contribution is -2.28. The first-order chi connectivity index (χ1) is 14.1. The Morgan fingerprint density at radius 1 is 1.34 bits per heavy atom. The van der Waals surface area contributed by atoms with Crippen LogP contribution < -0.4 is 5.32 Å². The quantitative estimate of drug-likeness (QED) is 0.729. The second-order valence-electron chi connectivity index (χ2n) is 7.38. The number of carbonyl (C=O) groups excluding carboxylic acids is 3. The lowest BCUT2D eigenvalue weighted by molar-refractivity contribution is -0.128. The fourth-order valence-electron chi connectivity index (χ4n) is 3.98. The number of rotatable bonds is 6. The molecular weight excluding hydrogens is 392 g/mol. The molecule has 2 amide bonds. The van der Waals surface area contributed by atoms with E-state index in [0.29, 0.717) is 29.4 Å². The standard InChI is InChI=1S/C21H24N2O5S/c1-2-27-21(26)18-15-7-3-4-8-16(15)29-20(18)22-19(25)13-10-17(24)23(11-13)12-14-6-5-9-28-14/h5-6,9,13H,2-4,7-8,10-12H2,1H3,(H,22,25). The Kier molecular flexibility index (Phi) is 5.71. The van der Waals surface area contributed by atoms with E-state index in [1.165, 1.54) is 11.3 Å². The third-order valence-electron chi connectivity index (χ3n) is 5.40. The number of furan rings is 1. The molecule has 1 atom stereocenters. The van der Waals surface area contributed by atoms with Gasteiger partial charge in [0.2, 0.25) is 11.8 Å². The summed E-state index contributed by atoms with van der Waals surface area (Å²) in [6, 6.07) is 3.58. The van der Waals surface area contributed by atoms with E-state index in [1.807, 2.05) is 6.07 Å².